The lowest BCUT2D eigenvalue weighted by atomic mass is 10.3. The van der Waals surface area contributed by atoms with Gasteiger partial charge >= 0.3 is 17.7 Å². The Morgan fingerprint density at radius 1 is 1.21 bits per heavy atom. The summed E-state index contributed by atoms with van der Waals surface area (Å²) in [7, 11) is 0. The zero-order chi connectivity index (χ0) is 17.7. The van der Waals surface area contributed by atoms with Crippen LogP contribution >= 0.6 is 11.6 Å². The number of nitrogens with one attached hydrogen (secondary N) is 4. The number of aromatic nitrogens is 2. The number of hydrogen-bond acceptors (Lipinski definition) is 4. The quantitative estimate of drug-likeness (QED) is 0.468. The number of rotatable bonds is 6. The van der Waals surface area contributed by atoms with E-state index in [9.17, 15) is 23.3 Å². The zero-order valence-corrected chi connectivity index (χ0v) is 12.8. The molecule has 0 aliphatic rings. The first-order valence-corrected chi connectivity index (χ1v) is 7.08. The molecular formula is C13H13ClF3N5O2+2. The molecule has 0 saturated carbocycles. The monoisotopic (exact) mass is 363 g/mol. The van der Waals surface area contributed by atoms with E-state index in [0.29, 0.717) is 0 Å². The second-order valence-electron chi connectivity index (χ2n) is 4.65. The topological polar surface area (TPSA) is 95.5 Å². The standard InChI is InChI=1S/C13H11ClF3N5O2/c14-9-6-8(13(15,16)17)7-21-11(9)19-4-5-20-12-10(22(23)24)2-1-3-18-12/h1-3,6-7H,4-5H2,(H,18,20)(H,19,21)/p+2. The molecule has 0 atom stereocenters. The van der Waals surface area contributed by atoms with Gasteiger partial charge in [-0.2, -0.15) is 13.2 Å². The minimum Gasteiger partial charge on any atom is -0.269 e. The van der Waals surface area contributed by atoms with Crippen LogP contribution in [0.5, 0.6) is 0 Å². The molecule has 0 aromatic carbocycles. The van der Waals surface area contributed by atoms with Gasteiger partial charge in [0.05, 0.1) is 16.7 Å². The maximum Gasteiger partial charge on any atom is 0.419 e. The van der Waals surface area contributed by atoms with Crippen molar-refractivity contribution in [1.29, 1.82) is 0 Å². The summed E-state index contributed by atoms with van der Waals surface area (Å²) < 4.78 is 37.6. The van der Waals surface area contributed by atoms with Gasteiger partial charge in [-0.15, -0.1) is 0 Å². The lowest BCUT2D eigenvalue weighted by molar-refractivity contribution is -0.409. The third-order valence-corrected chi connectivity index (χ3v) is 3.28. The number of nitrogens with zero attached hydrogens (tertiary/aromatic N) is 1. The van der Waals surface area contributed by atoms with Gasteiger partial charge in [-0.25, -0.2) is 9.97 Å². The van der Waals surface area contributed by atoms with Crippen molar-refractivity contribution in [3.8, 4) is 0 Å². The second-order valence-corrected chi connectivity index (χ2v) is 5.06. The summed E-state index contributed by atoms with van der Waals surface area (Å²) in [6, 6.07) is 3.65. The van der Waals surface area contributed by atoms with Gasteiger partial charge in [-0.3, -0.25) is 20.7 Å². The summed E-state index contributed by atoms with van der Waals surface area (Å²) in [5.74, 6) is 0.449. The molecule has 2 aromatic heterocycles. The van der Waals surface area contributed by atoms with Gasteiger partial charge in [0, 0.05) is 6.07 Å². The van der Waals surface area contributed by atoms with Gasteiger partial charge in [-0.1, -0.05) is 11.6 Å². The number of hydrogen-bond donors (Lipinski definition) is 2. The molecule has 4 N–H and O–H groups in total. The van der Waals surface area contributed by atoms with Crippen molar-refractivity contribution in [3.05, 3.63) is 51.3 Å². The van der Waals surface area contributed by atoms with Gasteiger partial charge in [0.15, 0.2) is 0 Å². The molecule has 2 aromatic rings. The fourth-order valence-corrected chi connectivity index (χ4v) is 2.10. The third-order valence-electron chi connectivity index (χ3n) is 2.98. The Morgan fingerprint density at radius 3 is 2.46 bits per heavy atom. The fraction of sp³-hybridized carbons (Fsp3) is 0.231. The van der Waals surface area contributed by atoms with E-state index in [0.717, 1.165) is 12.3 Å². The molecule has 2 heterocycles. The Balaban J connectivity index is 1.93. The first kappa shape index (κ1) is 17.7. The van der Waals surface area contributed by atoms with Crippen LogP contribution in [0.1, 0.15) is 5.56 Å². The lowest BCUT2D eigenvalue weighted by Crippen LogP contribution is -2.23. The van der Waals surface area contributed by atoms with Crippen molar-refractivity contribution in [3.63, 3.8) is 0 Å². The minimum absolute atomic E-state index is 0.109. The van der Waals surface area contributed by atoms with Gasteiger partial charge in [0.1, 0.15) is 24.3 Å². The summed E-state index contributed by atoms with van der Waals surface area (Å²) in [6.07, 6.45) is -2.15. The van der Waals surface area contributed by atoms with Crippen LogP contribution in [0.3, 0.4) is 0 Å². The molecule has 0 bridgehead atoms. The van der Waals surface area contributed by atoms with E-state index in [-0.39, 0.29) is 35.4 Å². The lowest BCUT2D eigenvalue weighted by Gasteiger charge is -2.06. The predicted octanol–water partition coefficient (Wildman–Crippen LogP) is 2.42. The molecule has 2 rings (SSSR count). The van der Waals surface area contributed by atoms with Gasteiger partial charge < -0.3 is 0 Å². The van der Waals surface area contributed by atoms with E-state index in [4.69, 9.17) is 11.6 Å². The molecule has 0 spiro atoms. The zero-order valence-electron chi connectivity index (χ0n) is 12.1. The second kappa shape index (κ2) is 7.30. The van der Waals surface area contributed by atoms with Crippen LogP contribution < -0.4 is 20.6 Å². The predicted molar refractivity (Wildman–Crippen MR) is 79.6 cm³/mol. The number of H-pyrrole nitrogens is 2. The number of aromatic amines is 2. The van der Waals surface area contributed by atoms with E-state index in [1.807, 2.05) is 0 Å². The van der Waals surface area contributed by atoms with Crippen LogP contribution in [0.15, 0.2) is 30.6 Å². The molecule has 0 aliphatic carbocycles. The smallest absolute Gasteiger partial charge is 0.269 e. The highest BCUT2D eigenvalue weighted by molar-refractivity contribution is 6.32. The Morgan fingerprint density at radius 2 is 1.88 bits per heavy atom. The molecule has 0 fully saturated rings. The summed E-state index contributed by atoms with van der Waals surface area (Å²) in [6.45, 7) is 0.536. The summed E-state index contributed by atoms with van der Waals surface area (Å²) >= 11 is 5.79. The SMILES string of the molecule is O=[N+]([O-])c1ccc[nH+]c1NCCNc1[nH+]cc(C(F)(F)F)cc1Cl. The number of pyridine rings is 2. The van der Waals surface area contributed by atoms with Crippen LogP contribution in [0, 0.1) is 10.1 Å². The minimum atomic E-state index is -4.48. The molecule has 7 nitrogen and oxygen atoms in total. The largest absolute Gasteiger partial charge is 0.419 e. The number of alkyl halides is 3. The van der Waals surface area contributed by atoms with Crippen molar-refractivity contribution < 1.29 is 28.1 Å². The van der Waals surface area contributed by atoms with Crippen LogP contribution in [0.4, 0.5) is 30.5 Å². The average Bonchev–Trinajstić information content (AvgIpc) is 2.52. The first-order valence-electron chi connectivity index (χ1n) is 6.70. The van der Waals surface area contributed by atoms with Gasteiger partial charge in [0.25, 0.3) is 5.82 Å². The Bertz CT molecular complexity index is 742. The highest BCUT2D eigenvalue weighted by Gasteiger charge is 2.32. The van der Waals surface area contributed by atoms with Crippen LogP contribution in [-0.4, -0.2) is 18.0 Å². The van der Waals surface area contributed by atoms with Crippen LogP contribution in [0.2, 0.25) is 5.02 Å². The maximum atomic E-state index is 12.5. The van der Waals surface area contributed by atoms with E-state index in [1.54, 1.807) is 0 Å². The molecular weight excluding hydrogens is 351 g/mol. The van der Waals surface area contributed by atoms with Crippen molar-refractivity contribution in [2.45, 2.75) is 6.18 Å². The van der Waals surface area contributed by atoms with Crippen molar-refractivity contribution >= 4 is 28.9 Å². The highest BCUT2D eigenvalue weighted by atomic mass is 35.5. The summed E-state index contributed by atoms with van der Waals surface area (Å²) in [5, 5.41) is 16.4. The van der Waals surface area contributed by atoms with E-state index >= 15 is 0 Å². The van der Waals surface area contributed by atoms with Crippen LogP contribution in [-0.2, 0) is 6.18 Å². The van der Waals surface area contributed by atoms with Gasteiger partial charge in [0.2, 0.25) is 0 Å². The maximum absolute atomic E-state index is 12.5. The Kier molecular flexibility index (Phi) is 5.39. The average molecular weight is 364 g/mol. The van der Waals surface area contributed by atoms with Crippen LogP contribution in [0.25, 0.3) is 0 Å². The van der Waals surface area contributed by atoms with Crippen molar-refractivity contribution in [2.75, 3.05) is 23.7 Å². The summed E-state index contributed by atoms with van der Waals surface area (Å²) in [5.41, 5.74) is -0.998. The molecule has 0 amide bonds. The number of anilines is 2. The number of nitro groups is 1. The molecule has 0 radical (unpaired) electrons. The first-order chi connectivity index (χ1) is 11.3. The summed E-state index contributed by atoms with van der Waals surface area (Å²) in [4.78, 5) is 15.5. The number of halogens is 4. The molecule has 128 valence electrons. The van der Waals surface area contributed by atoms with Crippen molar-refractivity contribution in [2.24, 2.45) is 0 Å². The normalized spacial score (nSPS) is 11.2. The molecule has 0 unspecified atom stereocenters. The molecule has 0 aliphatic heterocycles. The van der Waals surface area contributed by atoms with E-state index < -0.39 is 16.7 Å². The van der Waals surface area contributed by atoms with E-state index in [2.05, 4.69) is 20.6 Å². The Hall–Kier alpha value is -2.62. The van der Waals surface area contributed by atoms with Gasteiger partial charge in [-0.05, 0) is 12.1 Å². The molecule has 0 saturated heterocycles. The third kappa shape index (κ3) is 4.44. The Labute approximate surface area is 139 Å². The molecule has 24 heavy (non-hydrogen) atoms. The highest BCUT2D eigenvalue weighted by Crippen LogP contribution is 2.31. The van der Waals surface area contributed by atoms with E-state index in [1.165, 1.54) is 18.3 Å². The molecule has 11 heteroatoms. The fourth-order valence-electron chi connectivity index (χ4n) is 1.87. The van der Waals surface area contributed by atoms with Crippen molar-refractivity contribution in [1.82, 2.24) is 0 Å².